The Morgan fingerprint density at radius 2 is 2.18 bits per heavy atom. The van der Waals surface area contributed by atoms with Gasteiger partial charge in [0, 0.05) is 5.02 Å². The van der Waals surface area contributed by atoms with E-state index in [1.165, 1.54) is 0 Å². The van der Waals surface area contributed by atoms with Gasteiger partial charge < -0.3 is 5.11 Å². The fraction of sp³-hybridized carbons (Fsp3) is 0. The molecule has 4 heteroatoms. The molecule has 0 saturated carbocycles. The van der Waals surface area contributed by atoms with Crippen LogP contribution in [0.1, 0.15) is 14.5 Å². The standard InChI is InChI=1S/C7H4Cl2O2/c8-4-1-2-6(9)5(3-4)7(10)11/h1-3H,(H,10,11)/i1D,2D,3D. The number of carboxylic acid groups (broad SMARTS) is 1. The smallest absolute Gasteiger partial charge is 0.337 e. The van der Waals surface area contributed by atoms with Gasteiger partial charge in [0.25, 0.3) is 0 Å². The molecule has 0 bridgehead atoms. The average molecular weight is 194 g/mol. The van der Waals surface area contributed by atoms with Crippen molar-refractivity contribution in [3.05, 3.63) is 33.7 Å². The van der Waals surface area contributed by atoms with Crippen molar-refractivity contribution >= 4 is 29.2 Å². The summed E-state index contributed by atoms with van der Waals surface area (Å²) in [4.78, 5) is 10.7. The van der Waals surface area contributed by atoms with Gasteiger partial charge in [0.1, 0.15) is 0 Å². The molecule has 2 nitrogen and oxygen atoms in total. The maximum Gasteiger partial charge on any atom is 0.337 e. The first-order valence-corrected chi connectivity index (χ1v) is 3.31. The first kappa shape index (κ1) is 5.01. The molecule has 1 rings (SSSR count). The van der Waals surface area contributed by atoms with Gasteiger partial charge in [-0.3, -0.25) is 0 Å². The quantitative estimate of drug-likeness (QED) is 0.745. The van der Waals surface area contributed by atoms with Crippen LogP contribution in [0.2, 0.25) is 10.0 Å². The molecule has 1 aromatic carbocycles. The molecule has 0 unspecified atom stereocenters. The summed E-state index contributed by atoms with van der Waals surface area (Å²) in [6, 6.07) is -1.46. The van der Waals surface area contributed by atoms with Crippen molar-refractivity contribution in [2.24, 2.45) is 0 Å². The van der Waals surface area contributed by atoms with Crippen LogP contribution in [0.5, 0.6) is 0 Å². The van der Waals surface area contributed by atoms with Crippen LogP contribution in [0.3, 0.4) is 0 Å². The number of carbonyl (C=O) groups is 1. The largest absolute Gasteiger partial charge is 0.478 e. The van der Waals surface area contributed by atoms with Gasteiger partial charge in [-0.1, -0.05) is 23.2 Å². The van der Waals surface area contributed by atoms with E-state index in [4.69, 9.17) is 32.4 Å². The van der Waals surface area contributed by atoms with Gasteiger partial charge in [-0.25, -0.2) is 4.79 Å². The molecule has 0 aliphatic heterocycles. The van der Waals surface area contributed by atoms with Gasteiger partial charge in [-0.15, -0.1) is 0 Å². The number of carboxylic acids is 1. The van der Waals surface area contributed by atoms with Crippen molar-refractivity contribution in [1.29, 1.82) is 0 Å². The van der Waals surface area contributed by atoms with Crippen LogP contribution in [0.4, 0.5) is 0 Å². The molecule has 11 heavy (non-hydrogen) atoms. The molecule has 0 atom stereocenters. The highest BCUT2D eigenvalue weighted by Crippen LogP contribution is 2.20. The minimum Gasteiger partial charge on any atom is -0.478 e. The minimum atomic E-state index is -1.43. The topological polar surface area (TPSA) is 37.3 Å². The highest BCUT2D eigenvalue weighted by atomic mass is 35.5. The number of hydrogen-bond donors (Lipinski definition) is 1. The molecule has 0 saturated heterocycles. The molecule has 0 radical (unpaired) electrons. The van der Waals surface area contributed by atoms with Crippen LogP contribution in [0.25, 0.3) is 0 Å². The lowest BCUT2D eigenvalue weighted by molar-refractivity contribution is 0.0697. The van der Waals surface area contributed by atoms with Crippen molar-refractivity contribution in [3.8, 4) is 0 Å². The normalized spacial score (nSPS) is 13.5. The van der Waals surface area contributed by atoms with Crippen LogP contribution in [0, 0.1) is 0 Å². The van der Waals surface area contributed by atoms with E-state index in [0.717, 1.165) is 0 Å². The van der Waals surface area contributed by atoms with Gasteiger partial charge >= 0.3 is 5.97 Å². The predicted molar refractivity (Wildman–Crippen MR) is 43.4 cm³/mol. The zero-order valence-corrected chi connectivity index (χ0v) is 6.62. The Bertz CT molecular complexity index is 391. The molecule has 1 aromatic rings. The number of rotatable bonds is 1. The zero-order valence-electron chi connectivity index (χ0n) is 8.11. The van der Waals surface area contributed by atoms with E-state index >= 15 is 0 Å². The molecule has 1 N–H and O–H groups in total. The van der Waals surface area contributed by atoms with E-state index in [9.17, 15) is 4.79 Å². The fourth-order valence-corrected chi connectivity index (χ4v) is 0.833. The second-order valence-corrected chi connectivity index (χ2v) is 2.44. The summed E-state index contributed by atoms with van der Waals surface area (Å²) in [6.07, 6.45) is 0. The third kappa shape index (κ3) is 1.85. The van der Waals surface area contributed by atoms with E-state index in [0.29, 0.717) is 0 Å². The maximum absolute atomic E-state index is 10.7. The first-order chi connectivity index (χ1) is 6.37. The lowest BCUT2D eigenvalue weighted by atomic mass is 10.2. The average Bonchev–Trinajstić information content (AvgIpc) is 2.11. The summed E-state index contributed by atoms with van der Waals surface area (Å²) in [5, 5.41) is 7.87. The Morgan fingerprint density at radius 3 is 2.73 bits per heavy atom. The van der Waals surface area contributed by atoms with E-state index in [-0.39, 0.29) is 5.02 Å². The van der Waals surface area contributed by atoms with Gasteiger partial charge in [0.2, 0.25) is 0 Å². The summed E-state index contributed by atoms with van der Waals surface area (Å²) in [5.74, 6) is -1.43. The van der Waals surface area contributed by atoms with Crippen molar-refractivity contribution < 1.29 is 14.0 Å². The lowest BCUT2D eigenvalue weighted by Crippen LogP contribution is -1.96. The Balaban J connectivity index is 3.68. The van der Waals surface area contributed by atoms with Crippen LogP contribution >= 0.6 is 23.2 Å². The van der Waals surface area contributed by atoms with Crippen molar-refractivity contribution in [1.82, 2.24) is 0 Å². The molecule has 58 valence electrons. The molecule has 0 heterocycles. The van der Waals surface area contributed by atoms with Crippen molar-refractivity contribution in [3.63, 3.8) is 0 Å². The predicted octanol–water partition coefficient (Wildman–Crippen LogP) is 2.69. The molecule has 0 aliphatic rings. The van der Waals surface area contributed by atoms with Crippen molar-refractivity contribution in [2.75, 3.05) is 0 Å². The molecule has 0 fully saturated rings. The van der Waals surface area contributed by atoms with Crippen LogP contribution in [-0.4, -0.2) is 11.1 Å². The third-order valence-electron chi connectivity index (χ3n) is 0.950. The summed E-state index contributed by atoms with van der Waals surface area (Å²) >= 11 is 11.0. The fourth-order valence-electron chi connectivity index (χ4n) is 0.515. The lowest BCUT2D eigenvalue weighted by Gasteiger charge is -1.97. The number of benzene rings is 1. The second kappa shape index (κ2) is 3.11. The third-order valence-corrected chi connectivity index (χ3v) is 1.42. The van der Waals surface area contributed by atoms with Crippen LogP contribution < -0.4 is 0 Å². The van der Waals surface area contributed by atoms with E-state index in [2.05, 4.69) is 0 Å². The Kier molecular flexibility index (Phi) is 1.42. The van der Waals surface area contributed by atoms with Gasteiger partial charge in [-0.05, 0) is 18.1 Å². The molecular weight excluding hydrogens is 187 g/mol. The van der Waals surface area contributed by atoms with E-state index in [1.54, 1.807) is 0 Å². The Labute approximate surface area is 77.6 Å². The number of aromatic carboxylic acids is 1. The van der Waals surface area contributed by atoms with E-state index < -0.39 is 34.7 Å². The molecular formula is C7H4Cl2O2. The summed E-state index contributed by atoms with van der Waals surface area (Å²) in [7, 11) is 0. The number of hydrogen-bond acceptors (Lipinski definition) is 1. The van der Waals surface area contributed by atoms with Gasteiger partial charge in [-0.2, -0.15) is 0 Å². The SMILES string of the molecule is [2H]c1c([2H])c(Cl)c(C(=O)O)c([2H])c1Cl. The molecule has 0 spiro atoms. The summed E-state index contributed by atoms with van der Waals surface area (Å²) in [5.41, 5.74) is -0.544. The first-order valence-electron chi connectivity index (χ1n) is 4.06. The molecule has 0 aromatic heterocycles. The van der Waals surface area contributed by atoms with Crippen LogP contribution in [-0.2, 0) is 0 Å². The maximum atomic E-state index is 10.7. The van der Waals surface area contributed by atoms with Crippen LogP contribution in [0.15, 0.2) is 18.1 Å². The second-order valence-electron chi connectivity index (χ2n) is 1.68. The van der Waals surface area contributed by atoms with Crippen molar-refractivity contribution in [2.45, 2.75) is 0 Å². The minimum absolute atomic E-state index is 0.378. The summed E-state index contributed by atoms with van der Waals surface area (Å²) < 4.78 is 21.8. The molecule has 0 amide bonds. The summed E-state index contributed by atoms with van der Waals surface area (Å²) in [6.45, 7) is 0. The van der Waals surface area contributed by atoms with E-state index in [1.807, 2.05) is 0 Å². The van der Waals surface area contributed by atoms with Gasteiger partial charge in [0.05, 0.1) is 14.7 Å². The monoisotopic (exact) mass is 193 g/mol. The highest BCUT2D eigenvalue weighted by molar-refractivity contribution is 6.35. The van der Waals surface area contributed by atoms with Gasteiger partial charge in [0.15, 0.2) is 0 Å². The highest BCUT2D eigenvalue weighted by Gasteiger charge is 2.07. The Morgan fingerprint density at radius 1 is 1.55 bits per heavy atom. The number of halogens is 2. The zero-order chi connectivity index (χ0) is 11.0. The Hall–Kier alpha value is -0.730. The molecule has 0 aliphatic carbocycles.